The molecule has 6 heterocycles. The van der Waals surface area contributed by atoms with Gasteiger partial charge in [-0.05, 0) is 50.9 Å². The quantitative estimate of drug-likeness (QED) is 0.913. The molecule has 2 aromatic heterocycles. The van der Waals surface area contributed by atoms with Gasteiger partial charge in [-0.2, -0.15) is 5.10 Å². The number of rotatable bonds is 2. The predicted molar refractivity (Wildman–Crippen MR) is 88.0 cm³/mol. The molecule has 0 aromatic carbocycles. The minimum Gasteiger partial charge on any atom is -0.325 e. The van der Waals surface area contributed by atoms with Crippen molar-refractivity contribution in [1.82, 2.24) is 29.5 Å². The smallest absolute Gasteiger partial charge is 0.160 e. The van der Waals surface area contributed by atoms with Crippen molar-refractivity contribution in [3.8, 4) is 11.5 Å². The van der Waals surface area contributed by atoms with Gasteiger partial charge in [0.25, 0.3) is 0 Å². The van der Waals surface area contributed by atoms with Gasteiger partial charge < -0.3 is 14.8 Å². The lowest BCUT2D eigenvalue weighted by atomic mass is 9.84. The average Bonchev–Trinajstić information content (AvgIpc) is 3.18. The second-order valence-electron chi connectivity index (χ2n) is 7.14. The zero-order valence-corrected chi connectivity index (χ0v) is 13.5. The zero-order chi connectivity index (χ0) is 15.2. The van der Waals surface area contributed by atoms with Crippen LogP contribution in [0.2, 0.25) is 0 Å². The Bertz CT molecular complexity index is 670. The highest BCUT2D eigenvalue weighted by Crippen LogP contribution is 2.37. The van der Waals surface area contributed by atoms with Crippen molar-refractivity contribution < 1.29 is 0 Å². The van der Waals surface area contributed by atoms with Crippen LogP contribution in [0, 0.1) is 5.92 Å². The van der Waals surface area contributed by atoms with Gasteiger partial charge in [-0.15, -0.1) is 0 Å². The van der Waals surface area contributed by atoms with Crippen LogP contribution in [-0.4, -0.2) is 50.4 Å². The summed E-state index contributed by atoms with van der Waals surface area (Å²) in [6.45, 7) is 6.71. The maximum atomic E-state index is 4.85. The molecule has 0 radical (unpaired) electrons. The van der Waals surface area contributed by atoms with E-state index in [1.807, 2.05) is 6.20 Å². The maximum Gasteiger partial charge on any atom is 0.160 e. The Labute approximate surface area is 136 Å². The molecule has 3 fully saturated rings. The molecule has 23 heavy (non-hydrogen) atoms. The van der Waals surface area contributed by atoms with Gasteiger partial charge in [0, 0.05) is 32.0 Å². The Balaban J connectivity index is 1.49. The summed E-state index contributed by atoms with van der Waals surface area (Å²) in [4.78, 5) is 7.26. The lowest BCUT2D eigenvalue weighted by molar-refractivity contribution is 0.0577. The molecule has 0 spiro atoms. The number of nitrogens with one attached hydrogen (secondary N) is 1. The Hall–Kier alpha value is -1.66. The van der Waals surface area contributed by atoms with Gasteiger partial charge in [0.05, 0.1) is 11.7 Å². The van der Waals surface area contributed by atoms with E-state index in [1.165, 1.54) is 38.2 Å². The van der Waals surface area contributed by atoms with Crippen LogP contribution in [0.4, 0.5) is 0 Å². The molecular weight excluding hydrogens is 288 g/mol. The van der Waals surface area contributed by atoms with E-state index in [-0.39, 0.29) is 0 Å². The number of fused-ring (bicyclic) bond motifs is 4. The van der Waals surface area contributed by atoms with E-state index in [0.29, 0.717) is 6.04 Å². The molecule has 2 aromatic rings. The molecule has 3 saturated heterocycles. The van der Waals surface area contributed by atoms with Gasteiger partial charge in [0.2, 0.25) is 0 Å². The zero-order valence-electron chi connectivity index (χ0n) is 13.5. The molecule has 6 heteroatoms. The van der Waals surface area contributed by atoms with Crippen molar-refractivity contribution in [3.63, 3.8) is 0 Å². The molecule has 0 aliphatic carbocycles. The maximum absolute atomic E-state index is 4.85. The van der Waals surface area contributed by atoms with E-state index in [4.69, 9.17) is 5.10 Å². The van der Waals surface area contributed by atoms with Gasteiger partial charge in [0.15, 0.2) is 5.82 Å². The van der Waals surface area contributed by atoms with Crippen LogP contribution in [0.5, 0.6) is 0 Å². The van der Waals surface area contributed by atoms with Gasteiger partial charge in [-0.1, -0.05) is 0 Å². The van der Waals surface area contributed by atoms with Crippen molar-refractivity contribution in [2.45, 2.75) is 38.4 Å². The SMILES string of the molecule is c1cn(C2CN3CCC2CC3)c(-c2cc3n(n2)CCCNC3)n1. The second-order valence-corrected chi connectivity index (χ2v) is 7.14. The van der Waals surface area contributed by atoms with E-state index >= 15 is 0 Å². The summed E-state index contributed by atoms with van der Waals surface area (Å²) >= 11 is 0. The third-order valence-electron chi connectivity index (χ3n) is 5.77. The highest BCUT2D eigenvalue weighted by molar-refractivity contribution is 5.51. The Morgan fingerprint density at radius 1 is 1.17 bits per heavy atom. The highest BCUT2D eigenvalue weighted by atomic mass is 15.3. The van der Waals surface area contributed by atoms with Crippen molar-refractivity contribution in [2.24, 2.45) is 5.92 Å². The fourth-order valence-electron chi connectivity index (χ4n) is 4.50. The van der Waals surface area contributed by atoms with E-state index in [2.05, 4.69) is 36.7 Å². The molecule has 0 saturated carbocycles. The van der Waals surface area contributed by atoms with Crippen LogP contribution in [0.15, 0.2) is 18.5 Å². The summed E-state index contributed by atoms with van der Waals surface area (Å²) in [5.41, 5.74) is 2.31. The minimum absolute atomic E-state index is 0.564. The van der Waals surface area contributed by atoms with Crippen LogP contribution in [0.25, 0.3) is 11.5 Å². The summed E-state index contributed by atoms with van der Waals surface area (Å²) < 4.78 is 4.55. The van der Waals surface area contributed by atoms with Crippen molar-refractivity contribution >= 4 is 0 Å². The summed E-state index contributed by atoms with van der Waals surface area (Å²) in [7, 11) is 0. The average molecular weight is 312 g/mol. The molecule has 1 N–H and O–H groups in total. The molecule has 122 valence electrons. The lowest BCUT2D eigenvalue weighted by Crippen LogP contribution is -2.48. The van der Waals surface area contributed by atoms with Gasteiger partial charge in [-0.25, -0.2) is 4.98 Å². The van der Waals surface area contributed by atoms with E-state index in [1.54, 1.807) is 0 Å². The molecule has 1 atom stereocenters. The topological polar surface area (TPSA) is 50.9 Å². The summed E-state index contributed by atoms with van der Waals surface area (Å²) in [6, 6.07) is 2.79. The van der Waals surface area contributed by atoms with E-state index in [9.17, 15) is 0 Å². The van der Waals surface area contributed by atoms with Crippen LogP contribution >= 0.6 is 0 Å². The molecule has 1 unspecified atom stereocenters. The van der Waals surface area contributed by atoms with Gasteiger partial charge in [-0.3, -0.25) is 4.68 Å². The van der Waals surface area contributed by atoms with E-state index < -0.39 is 0 Å². The third kappa shape index (κ3) is 2.32. The van der Waals surface area contributed by atoms with Crippen molar-refractivity contribution in [2.75, 3.05) is 26.2 Å². The number of aryl methyl sites for hydroxylation is 1. The van der Waals surface area contributed by atoms with Crippen molar-refractivity contribution in [1.29, 1.82) is 0 Å². The lowest BCUT2D eigenvalue weighted by Gasteiger charge is -2.45. The standard InChI is InChI=1S/C17H24N6/c1-4-18-11-14-10-15(20-23(14)6-1)17-19-5-9-22(17)16-12-21-7-2-13(16)3-8-21/h5,9-10,13,16,18H,1-4,6-8,11-12H2. The number of nitrogens with zero attached hydrogens (tertiary/aromatic N) is 5. The Morgan fingerprint density at radius 3 is 2.91 bits per heavy atom. The first-order valence-corrected chi connectivity index (χ1v) is 8.91. The first-order chi connectivity index (χ1) is 11.4. The molecule has 0 amide bonds. The van der Waals surface area contributed by atoms with Gasteiger partial charge in [0.1, 0.15) is 5.69 Å². The third-order valence-corrected chi connectivity index (χ3v) is 5.77. The largest absolute Gasteiger partial charge is 0.325 e. The predicted octanol–water partition coefficient (Wildman–Crippen LogP) is 1.51. The normalized spacial score (nSPS) is 30.2. The fourth-order valence-corrected chi connectivity index (χ4v) is 4.50. The van der Waals surface area contributed by atoms with Crippen LogP contribution < -0.4 is 5.32 Å². The minimum atomic E-state index is 0.564. The van der Waals surface area contributed by atoms with Crippen LogP contribution in [-0.2, 0) is 13.1 Å². The van der Waals surface area contributed by atoms with E-state index in [0.717, 1.165) is 43.5 Å². The molecule has 4 aliphatic rings. The van der Waals surface area contributed by atoms with Crippen LogP contribution in [0.1, 0.15) is 31.0 Å². The molecule has 6 rings (SSSR count). The first kappa shape index (κ1) is 13.7. The summed E-state index contributed by atoms with van der Waals surface area (Å²) in [5.74, 6) is 1.85. The first-order valence-electron chi connectivity index (χ1n) is 8.91. The number of hydrogen-bond acceptors (Lipinski definition) is 4. The van der Waals surface area contributed by atoms with Gasteiger partial charge >= 0.3 is 0 Å². The Morgan fingerprint density at radius 2 is 2.09 bits per heavy atom. The Kier molecular flexibility index (Phi) is 3.26. The number of aromatic nitrogens is 4. The number of hydrogen-bond donors (Lipinski definition) is 1. The summed E-state index contributed by atoms with van der Waals surface area (Å²) in [6.07, 6.45) is 7.89. The molecule has 4 aliphatic heterocycles. The highest BCUT2D eigenvalue weighted by Gasteiger charge is 2.36. The monoisotopic (exact) mass is 312 g/mol. The molecular formula is C17H24N6. The molecule has 2 bridgehead atoms. The van der Waals surface area contributed by atoms with Crippen molar-refractivity contribution in [3.05, 3.63) is 24.2 Å². The number of piperidine rings is 3. The van der Waals surface area contributed by atoms with Crippen LogP contribution in [0.3, 0.4) is 0 Å². The number of imidazole rings is 1. The fraction of sp³-hybridized carbons (Fsp3) is 0.647. The molecule has 6 nitrogen and oxygen atoms in total. The second kappa shape index (κ2) is 5.46. The summed E-state index contributed by atoms with van der Waals surface area (Å²) in [5, 5.41) is 8.32.